The summed E-state index contributed by atoms with van der Waals surface area (Å²) in [4.78, 5) is 21.9. The van der Waals surface area contributed by atoms with E-state index in [1.54, 1.807) is 12.1 Å². The fourth-order valence-corrected chi connectivity index (χ4v) is 2.27. The first-order valence-electron chi connectivity index (χ1n) is 6.25. The van der Waals surface area contributed by atoms with Gasteiger partial charge in [-0.25, -0.2) is 0 Å². The molecule has 1 amide bonds. The second kappa shape index (κ2) is 5.36. The molecule has 0 aliphatic heterocycles. The van der Waals surface area contributed by atoms with Crippen molar-refractivity contribution in [2.45, 2.75) is 37.8 Å². The number of hydrogen-bond acceptors (Lipinski definition) is 4. The molecule has 0 heterocycles. The number of nitro benzene ring substituents is 1. The van der Waals surface area contributed by atoms with Crippen LogP contribution in [0.1, 0.15) is 31.2 Å². The van der Waals surface area contributed by atoms with Crippen molar-refractivity contribution in [2.24, 2.45) is 0 Å². The molecule has 1 aliphatic rings. The number of rotatable bonds is 4. The number of carbonyl (C=O) groups is 1. The predicted octanol–water partition coefficient (Wildman–Crippen LogP) is 1.52. The summed E-state index contributed by atoms with van der Waals surface area (Å²) in [7, 11) is 0. The lowest BCUT2D eigenvalue weighted by atomic mass is 10.0. The monoisotopic (exact) mass is 264 g/mol. The van der Waals surface area contributed by atoms with Crippen LogP contribution in [0.4, 0.5) is 5.69 Å². The maximum absolute atomic E-state index is 11.8. The number of nitro groups is 1. The SMILES string of the molecule is O=C(NCc1ccc([N+](=O)[O-])cc1)C1(O)CCCC1. The Morgan fingerprint density at radius 2 is 1.89 bits per heavy atom. The van der Waals surface area contributed by atoms with Gasteiger partial charge < -0.3 is 10.4 Å². The van der Waals surface area contributed by atoms with Crippen molar-refractivity contribution in [3.8, 4) is 0 Å². The molecule has 2 N–H and O–H groups in total. The van der Waals surface area contributed by atoms with Gasteiger partial charge in [-0.1, -0.05) is 12.1 Å². The zero-order chi connectivity index (χ0) is 13.9. The highest BCUT2D eigenvalue weighted by Crippen LogP contribution is 2.29. The predicted molar refractivity (Wildman–Crippen MR) is 68.4 cm³/mol. The van der Waals surface area contributed by atoms with E-state index >= 15 is 0 Å². The molecule has 1 aliphatic carbocycles. The number of carbonyl (C=O) groups excluding carboxylic acids is 1. The third-order valence-electron chi connectivity index (χ3n) is 3.45. The summed E-state index contributed by atoms with van der Waals surface area (Å²) in [5.41, 5.74) is -0.453. The van der Waals surface area contributed by atoms with E-state index in [2.05, 4.69) is 5.32 Å². The summed E-state index contributed by atoms with van der Waals surface area (Å²) in [6.07, 6.45) is 2.72. The van der Waals surface area contributed by atoms with Gasteiger partial charge in [0.1, 0.15) is 5.60 Å². The number of nitrogens with one attached hydrogen (secondary N) is 1. The number of hydrogen-bond donors (Lipinski definition) is 2. The van der Waals surface area contributed by atoms with Crippen LogP contribution in [0.25, 0.3) is 0 Å². The zero-order valence-corrected chi connectivity index (χ0v) is 10.5. The molecule has 1 aromatic rings. The van der Waals surface area contributed by atoms with E-state index in [0.29, 0.717) is 12.8 Å². The molecule has 0 bridgehead atoms. The number of nitrogens with zero attached hydrogens (tertiary/aromatic N) is 1. The quantitative estimate of drug-likeness (QED) is 0.637. The lowest BCUT2D eigenvalue weighted by molar-refractivity contribution is -0.384. The first kappa shape index (κ1) is 13.5. The molecule has 0 radical (unpaired) electrons. The van der Waals surface area contributed by atoms with Crippen molar-refractivity contribution >= 4 is 11.6 Å². The van der Waals surface area contributed by atoms with Crippen molar-refractivity contribution in [3.63, 3.8) is 0 Å². The summed E-state index contributed by atoms with van der Waals surface area (Å²) in [6.45, 7) is 0.263. The van der Waals surface area contributed by atoms with Crippen molar-refractivity contribution in [3.05, 3.63) is 39.9 Å². The molecule has 1 fully saturated rings. The molecule has 1 aromatic carbocycles. The Morgan fingerprint density at radius 1 is 1.32 bits per heavy atom. The van der Waals surface area contributed by atoms with Crippen molar-refractivity contribution in [1.29, 1.82) is 0 Å². The summed E-state index contributed by atoms with van der Waals surface area (Å²) in [5, 5.41) is 23.2. The largest absolute Gasteiger partial charge is 0.380 e. The van der Waals surface area contributed by atoms with Gasteiger partial charge in [0.25, 0.3) is 11.6 Å². The van der Waals surface area contributed by atoms with Crippen molar-refractivity contribution in [1.82, 2.24) is 5.32 Å². The number of non-ortho nitro benzene ring substituents is 1. The van der Waals surface area contributed by atoms with E-state index in [1.165, 1.54) is 12.1 Å². The highest BCUT2D eigenvalue weighted by molar-refractivity contribution is 5.85. The topological polar surface area (TPSA) is 92.5 Å². The van der Waals surface area contributed by atoms with Crippen LogP contribution in [0.3, 0.4) is 0 Å². The van der Waals surface area contributed by atoms with Crippen LogP contribution in [0.2, 0.25) is 0 Å². The number of aliphatic hydroxyl groups is 1. The van der Waals surface area contributed by atoms with E-state index in [1.807, 2.05) is 0 Å². The fourth-order valence-electron chi connectivity index (χ4n) is 2.27. The van der Waals surface area contributed by atoms with E-state index in [0.717, 1.165) is 18.4 Å². The highest BCUT2D eigenvalue weighted by Gasteiger charge is 2.38. The summed E-state index contributed by atoms with van der Waals surface area (Å²) in [5.74, 6) is -0.358. The molecule has 6 nitrogen and oxygen atoms in total. The smallest absolute Gasteiger partial charge is 0.269 e. The van der Waals surface area contributed by atoms with Gasteiger partial charge in [-0.2, -0.15) is 0 Å². The lowest BCUT2D eigenvalue weighted by Crippen LogP contribution is -2.44. The molecule has 102 valence electrons. The number of benzene rings is 1. The average Bonchev–Trinajstić information content (AvgIpc) is 2.84. The molecule has 0 saturated heterocycles. The third kappa shape index (κ3) is 3.08. The zero-order valence-electron chi connectivity index (χ0n) is 10.5. The summed E-state index contributed by atoms with van der Waals surface area (Å²) in [6, 6.07) is 5.98. The second-order valence-electron chi connectivity index (χ2n) is 4.84. The van der Waals surface area contributed by atoms with Crippen LogP contribution < -0.4 is 5.32 Å². The van der Waals surface area contributed by atoms with Gasteiger partial charge in [0.05, 0.1) is 4.92 Å². The molecule has 0 spiro atoms. The Bertz CT molecular complexity index is 478. The van der Waals surface area contributed by atoms with Crippen molar-refractivity contribution in [2.75, 3.05) is 0 Å². The van der Waals surface area contributed by atoms with Crippen LogP contribution in [0.15, 0.2) is 24.3 Å². The number of amides is 1. The highest BCUT2D eigenvalue weighted by atomic mass is 16.6. The Morgan fingerprint density at radius 3 is 2.42 bits per heavy atom. The molecular weight excluding hydrogens is 248 g/mol. The third-order valence-corrected chi connectivity index (χ3v) is 3.45. The maximum Gasteiger partial charge on any atom is 0.269 e. The fraction of sp³-hybridized carbons (Fsp3) is 0.462. The Kier molecular flexibility index (Phi) is 3.80. The van der Waals surface area contributed by atoms with Crippen LogP contribution in [-0.4, -0.2) is 21.5 Å². The lowest BCUT2D eigenvalue weighted by Gasteiger charge is -2.20. The van der Waals surface area contributed by atoms with E-state index in [4.69, 9.17) is 0 Å². The van der Waals surface area contributed by atoms with Crippen LogP contribution in [-0.2, 0) is 11.3 Å². The summed E-state index contributed by atoms with van der Waals surface area (Å²) >= 11 is 0. The molecule has 6 heteroatoms. The van der Waals surface area contributed by atoms with Gasteiger partial charge in [0.2, 0.25) is 0 Å². The van der Waals surface area contributed by atoms with Crippen LogP contribution >= 0.6 is 0 Å². The molecule has 19 heavy (non-hydrogen) atoms. The van der Waals surface area contributed by atoms with Gasteiger partial charge in [-0.15, -0.1) is 0 Å². The van der Waals surface area contributed by atoms with Crippen LogP contribution in [0, 0.1) is 10.1 Å². The van der Waals surface area contributed by atoms with Crippen LogP contribution in [0.5, 0.6) is 0 Å². The Hall–Kier alpha value is -1.95. The first-order valence-corrected chi connectivity index (χ1v) is 6.25. The Balaban J connectivity index is 1.91. The second-order valence-corrected chi connectivity index (χ2v) is 4.84. The van der Waals surface area contributed by atoms with E-state index in [9.17, 15) is 20.0 Å². The molecular formula is C13H16N2O4. The normalized spacial score (nSPS) is 17.1. The van der Waals surface area contributed by atoms with Gasteiger partial charge in [0, 0.05) is 18.7 Å². The van der Waals surface area contributed by atoms with Crippen molar-refractivity contribution < 1.29 is 14.8 Å². The van der Waals surface area contributed by atoms with E-state index in [-0.39, 0.29) is 18.1 Å². The first-order chi connectivity index (χ1) is 9.01. The van der Waals surface area contributed by atoms with E-state index < -0.39 is 10.5 Å². The average molecular weight is 264 g/mol. The Labute approximate surface area is 110 Å². The summed E-state index contributed by atoms with van der Waals surface area (Å²) < 4.78 is 0. The molecule has 2 rings (SSSR count). The minimum Gasteiger partial charge on any atom is -0.380 e. The van der Waals surface area contributed by atoms with Gasteiger partial charge >= 0.3 is 0 Å². The molecule has 0 unspecified atom stereocenters. The maximum atomic E-state index is 11.8. The molecule has 0 aromatic heterocycles. The molecule has 0 atom stereocenters. The minimum absolute atomic E-state index is 0.0181. The minimum atomic E-state index is -1.24. The van der Waals surface area contributed by atoms with Gasteiger partial charge in [-0.05, 0) is 31.2 Å². The molecule has 1 saturated carbocycles. The van der Waals surface area contributed by atoms with Gasteiger partial charge in [-0.3, -0.25) is 14.9 Å². The standard InChI is InChI=1S/C13H16N2O4/c16-12(13(17)7-1-2-8-13)14-9-10-3-5-11(6-4-10)15(18)19/h3-6,17H,1-2,7-9H2,(H,14,16). The van der Waals surface area contributed by atoms with Gasteiger partial charge in [0.15, 0.2) is 0 Å².